The van der Waals surface area contributed by atoms with Crippen molar-refractivity contribution in [1.29, 1.82) is 0 Å². The van der Waals surface area contributed by atoms with Crippen molar-refractivity contribution in [2.75, 3.05) is 13.1 Å². The van der Waals surface area contributed by atoms with E-state index in [1.807, 2.05) is 6.92 Å². The molecule has 1 unspecified atom stereocenters. The van der Waals surface area contributed by atoms with E-state index in [1.165, 1.54) is 4.31 Å². The zero-order valence-electron chi connectivity index (χ0n) is 11.3. The van der Waals surface area contributed by atoms with Crippen LogP contribution in [0.3, 0.4) is 0 Å². The Morgan fingerprint density at radius 1 is 1.37 bits per heavy atom. The number of hydrogen-bond donors (Lipinski definition) is 2. The molecule has 19 heavy (non-hydrogen) atoms. The molecule has 0 aromatic heterocycles. The lowest BCUT2D eigenvalue weighted by molar-refractivity contribution is -0.153. The fourth-order valence-corrected chi connectivity index (χ4v) is 4.38. The van der Waals surface area contributed by atoms with Crippen molar-refractivity contribution in [3.05, 3.63) is 0 Å². The summed E-state index contributed by atoms with van der Waals surface area (Å²) in [4.78, 5) is 11.2. The second-order valence-electron chi connectivity index (χ2n) is 5.72. The molecule has 1 heterocycles. The topological polar surface area (TPSA) is 86.7 Å². The second-order valence-corrected chi connectivity index (χ2v) is 7.43. The van der Waals surface area contributed by atoms with E-state index in [4.69, 9.17) is 0 Å². The summed E-state index contributed by atoms with van der Waals surface area (Å²) < 4.78 is 28.4. The third-order valence-electron chi connectivity index (χ3n) is 4.41. The van der Waals surface area contributed by atoms with Gasteiger partial charge in [-0.2, -0.15) is 12.7 Å². The van der Waals surface area contributed by atoms with E-state index >= 15 is 0 Å². The van der Waals surface area contributed by atoms with E-state index in [-0.39, 0.29) is 12.6 Å². The van der Waals surface area contributed by atoms with Gasteiger partial charge in [0, 0.05) is 19.1 Å². The zero-order chi connectivity index (χ0) is 14.1. The minimum atomic E-state index is -3.56. The number of carboxylic acid groups (broad SMARTS) is 1. The Kier molecular flexibility index (Phi) is 4.17. The first-order chi connectivity index (χ1) is 8.87. The molecule has 1 aliphatic heterocycles. The highest BCUT2D eigenvalue weighted by molar-refractivity contribution is 7.87. The minimum absolute atomic E-state index is 0.00609. The smallest absolute Gasteiger partial charge is 0.310 e. The van der Waals surface area contributed by atoms with E-state index in [2.05, 4.69) is 4.72 Å². The van der Waals surface area contributed by atoms with Gasteiger partial charge in [-0.3, -0.25) is 4.79 Å². The molecule has 2 N–H and O–H groups in total. The summed E-state index contributed by atoms with van der Waals surface area (Å²) in [6.07, 6.45) is 4.75. The van der Waals surface area contributed by atoms with Gasteiger partial charge in [-0.1, -0.05) is 12.8 Å². The molecule has 2 fully saturated rings. The zero-order valence-corrected chi connectivity index (χ0v) is 12.1. The summed E-state index contributed by atoms with van der Waals surface area (Å²) in [5.74, 6) is -0.895. The predicted octanol–water partition coefficient (Wildman–Crippen LogP) is 0.950. The fourth-order valence-electron chi connectivity index (χ4n) is 2.81. The standard InChI is InChI=1S/C12H22N2O4S/c1-10-5-2-3-8-14(10)19(17,18)13-9-12(11(15)16)6-4-7-12/h10,13H,2-9H2,1H3,(H,15,16). The molecule has 0 aromatic rings. The van der Waals surface area contributed by atoms with Crippen molar-refractivity contribution >= 4 is 16.2 Å². The highest BCUT2D eigenvalue weighted by Crippen LogP contribution is 2.40. The number of hydrogen-bond acceptors (Lipinski definition) is 3. The lowest BCUT2D eigenvalue weighted by Crippen LogP contribution is -2.53. The number of rotatable bonds is 5. The maximum atomic E-state index is 12.2. The Morgan fingerprint density at radius 3 is 2.53 bits per heavy atom. The lowest BCUT2D eigenvalue weighted by Gasteiger charge is -2.39. The molecular formula is C12H22N2O4S. The Bertz CT molecular complexity index is 445. The van der Waals surface area contributed by atoms with Crippen LogP contribution in [0.5, 0.6) is 0 Å². The quantitative estimate of drug-likeness (QED) is 0.789. The van der Waals surface area contributed by atoms with Crippen molar-refractivity contribution in [3.8, 4) is 0 Å². The molecule has 6 nitrogen and oxygen atoms in total. The maximum Gasteiger partial charge on any atom is 0.310 e. The molecule has 7 heteroatoms. The monoisotopic (exact) mass is 290 g/mol. The molecule has 2 aliphatic rings. The van der Waals surface area contributed by atoms with Crippen LogP contribution in [0.25, 0.3) is 0 Å². The van der Waals surface area contributed by atoms with Gasteiger partial charge in [-0.15, -0.1) is 0 Å². The number of carbonyl (C=O) groups is 1. The number of aliphatic carboxylic acids is 1. The third kappa shape index (κ3) is 2.93. The Balaban J connectivity index is 1.99. The molecule has 0 aromatic carbocycles. The van der Waals surface area contributed by atoms with Gasteiger partial charge in [-0.25, -0.2) is 4.72 Å². The van der Waals surface area contributed by atoms with Gasteiger partial charge in [-0.05, 0) is 32.6 Å². The highest BCUT2D eigenvalue weighted by Gasteiger charge is 2.45. The first kappa shape index (κ1) is 14.7. The molecule has 0 amide bonds. The molecule has 1 saturated heterocycles. The van der Waals surface area contributed by atoms with Crippen LogP contribution in [0, 0.1) is 5.41 Å². The van der Waals surface area contributed by atoms with Gasteiger partial charge >= 0.3 is 5.97 Å². The lowest BCUT2D eigenvalue weighted by atomic mass is 9.69. The first-order valence-corrected chi connectivity index (χ1v) is 8.31. The molecule has 0 spiro atoms. The average Bonchev–Trinajstić information content (AvgIpc) is 2.27. The number of piperidine rings is 1. The van der Waals surface area contributed by atoms with Crippen LogP contribution in [0.15, 0.2) is 0 Å². The maximum absolute atomic E-state index is 12.2. The van der Waals surface area contributed by atoms with Crippen molar-refractivity contribution in [1.82, 2.24) is 9.03 Å². The summed E-state index contributed by atoms with van der Waals surface area (Å²) in [5, 5.41) is 9.19. The van der Waals surface area contributed by atoms with Crippen LogP contribution in [-0.2, 0) is 15.0 Å². The molecule has 1 saturated carbocycles. The van der Waals surface area contributed by atoms with Crippen molar-refractivity contribution in [2.45, 2.75) is 51.5 Å². The van der Waals surface area contributed by atoms with Crippen molar-refractivity contribution in [3.63, 3.8) is 0 Å². The summed E-state index contributed by atoms with van der Waals surface area (Å²) >= 11 is 0. The van der Waals surface area contributed by atoms with Crippen molar-refractivity contribution < 1.29 is 18.3 Å². The van der Waals surface area contributed by atoms with Crippen LogP contribution in [-0.4, -0.2) is 42.9 Å². The molecule has 2 rings (SSSR count). The summed E-state index contributed by atoms with van der Waals surface area (Å²) in [6, 6.07) is -0.00609. The van der Waals surface area contributed by atoms with Gasteiger partial charge < -0.3 is 5.11 Å². The predicted molar refractivity (Wildman–Crippen MR) is 70.9 cm³/mol. The molecule has 0 radical (unpaired) electrons. The van der Waals surface area contributed by atoms with E-state index < -0.39 is 21.6 Å². The van der Waals surface area contributed by atoms with Gasteiger partial charge in [0.2, 0.25) is 0 Å². The average molecular weight is 290 g/mol. The summed E-state index contributed by atoms with van der Waals surface area (Å²) in [5.41, 5.74) is -0.883. The highest BCUT2D eigenvalue weighted by atomic mass is 32.2. The van der Waals surface area contributed by atoms with E-state index in [0.29, 0.717) is 19.4 Å². The molecular weight excluding hydrogens is 268 g/mol. The Morgan fingerprint density at radius 2 is 2.05 bits per heavy atom. The van der Waals surface area contributed by atoms with Gasteiger partial charge in [0.15, 0.2) is 0 Å². The largest absolute Gasteiger partial charge is 0.481 e. The fraction of sp³-hybridized carbons (Fsp3) is 0.917. The normalized spacial score (nSPS) is 27.7. The molecule has 0 bridgehead atoms. The number of nitrogens with zero attached hydrogens (tertiary/aromatic N) is 1. The van der Waals surface area contributed by atoms with Crippen LogP contribution >= 0.6 is 0 Å². The summed E-state index contributed by atoms with van der Waals surface area (Å²) in [6.45, 7) is 2.43. The molecule has 1 aliphatic carbocycles. The first-order valence-electron chi connectivity index (χ1n) is 6.87. The number of nitrogens with one attached hydrogen (secondary N) is 1. The van der Waals surface area contributed by atoms with Crippen LogP contribution in [0.4, 0.5) is 0 Å². The second kappa shape index (κ2) is 5.38. The van der Waals surface area contributed by atoms with E-state index in [0.717, 1.165) is 25.7 Å². The van der Waals surface area contributed by atoms with E-state index in [1.54, 1.807) is 0 Å². The van der Waals surface area contributed by atoms with E-state index in [9.17, 15) is 18.3 Å². The van der Waals surface area contributed by atoms with Crippen molar-refractivity contribution in [2.24, 2.45) is 5.41 Å². The van der Waals surface area contributed by atoms with Gasteiger partial charge in [0.05, 0.1) is 5.41 Å². The minimum Gasteiger partial charge on any atom is -0.481 e. The Hall–Kier alpha value is -0.660. The number of carboxylic acids is 1. The van der Waals surface area contributed by atoms with Gasteiger partial charge in [0.1, 0.15) is 0 Å². The molecule has 1 atom stereocenters. The van der Waals surface area contributed by atoms with Gasteiger partial charge in [0.25, 0.3) is 10.2 Å². The summed E-state index contributed by atoms with van der Waals surface area (Å²) in [7, 11) is -3.56. The van der Waals surface area contributed by atoms with Crippen LogP contribution in [0.1, 0.15) is 45.4 Å². The third-order valence-corrected chi connectivity index (χ3v) is 6.08. The Labute approximate surface area is 114 Å². The SMILES string of the molecule is CC1CCCCN1S(=O)(=O)NCC1(C(=O)O)CCC1. The van der Waals surface area contributed by atoms with Crippen LogP contribution in [0.2, 0.25) is 0 Å². The van der Waals surface area contributed by atoms with Crippen LogP contribution < -0.4 is 4.72 Å². The molecule has 110 valence electrons.